The van der Waals surface area contributed by atoms with Gasteiger partial charge in [0.1, 0.15) is 0 Å². The van der Waals surface area contributed by atoms with Crippen LogP contribution in [-0.4, -0.2) is 35.6 Å². The molecular formula is C19H24ClNO2S2. The minimum atomic E-state index is -0.649. The van der Waals surface area contributed by atoms with Crippen molar-refractivity contribution in [1.29, 1.82) is 0 Å². The molecule has 6 heteroatoms. The van der Waals surface area contributed by atoms with E-state index in [4.69, 9.17) is 0 Å². The normalized spacial score (nSPS) is 18.8. The highest BCUT2D eigenvalue weighted by atomic mass is 35.5. The van der Waals surface area contributed by atoms with Crippen molar-refractivity contribution >= 4 is 46.6 Å². The summed E-state index contributed by atoms with van der Waals surface area (Å²) < 4.78 is 0. The van der Waals surface area contributed by atoms with Gasteiger partial charge >= 0.3 is 5.97 Å². The number of hydrogen-bond acceptors (Lipinski definition) is 4. The van der Waals surface area contributed by atoms with E-state index < -0.39 is 5.97 Å². The van der Waals surface area contributed by atoms with E-state index in [2.05, 4.69) is 46.9 Å². The fourth-order valence-corrected chi connectivity index (χ4v) is 5.06. The molecule has 3 heterocycles. The highest BCUT2D eigenvalue weighted by molar-refractivity contribution is 7.13. The number of thiophene rings is 2. The molecule has 136 valence electrons. The monoisotopic (exact) mass is 397 g/mol. The molecule has 1 N–H and O–H groups in total. The lowest BCUT2D eigenvalue weighted by Gasteiger charge is -2.30. The summed E-state index contributed by atoms with van der Waals surface area (Å²) in [6, 6.07) is 6.44. The fourth-order valence-electron chi connectivity index (χ4n) is 3.24. The summed E-state index contributed by atoms with van der Waals surface area (Å²) in [4.78, 5) is 16.1. The van der Waals surface area contributed by atoms with E-state index >= 15 is 0 Å². The van der Waals surface area contributed by atoms with Crippen LogP contribution in [0.3, 0.4) is 0 Å². The molecule has 0 amide bonds. The van der Waals surface area contributed by atoms with Gasteiger partial charge in [-0.25, -0.2) is 0 Å². The maximum absolute atomic E-state index is 11.2. The molecule has 0 saturated carbocycles. The van der Waals surface area contributed by atoms with Gasteiger partial charge in [0.15, 0.2) is 0 Å². The van der Waals surface area contributed by atoms with Crippen LogP contribution >= 0.6 is 35.1 Å². The predicted molar refractivity (Wildman–Crippen MR) is 109 cm³/mol. The summed E-state index contributed by atoms with van der Waals surface area (Å²) >= 11 is 3.57. The molecule has 0 radical (unpaired) electrons. The molecule has 0 bridgehead atoms. The first kappa shape index (κ1) is 20.2. The van der Waals surface area contributed by atoms with Gasteiger partial charge in [0.05, 0.1) is 5.92 Å². The van der Waals surface area contributed by atoms with Crippen molar-refractivity contribution in [2.24, 2.45) is 5.92 Å². The third kappa shape index (κ3) is 5.17. The van der Waals surface area contributed by atoms with Crippen LogP contribution in [0.2, 0.25) is 0 Å². The summed E-state index contributed by atoms with van der Waals surface area (Å²) in [7, 11) is 0. The van der Waals surface area contributed by atoms with Crippen LogP contribution in [0.25, 0.3) is 5.57 Å². The molecule has 3 nitrogen and oxygen atoms in total. The summed E-state index contributed by atoms with van der Waals surface area (Å²) in [5, 5.41) is 13.5. The van der Waals surface area contributed by atoms with Crippen LogP contribution in [0, 0.1) is 12.8 Å². The maximum atomic E-state index is 11.2. The number of piperidine rings is 1. The van der Waals surface area contributed by atoms with Gasteiger partial charge in [-0.05, 0) is 61.2 Å². The molecule has 0 aromatic carbocycles. The first-order valence-corrected chi connectivity index (χ1v) is 10.1. The van der Waals surface area contributed by atoms with E-state index in [-0.39, 0.29) is 18.3 Å². The standard InChI is InChI=1S/C19H23NO2S2.ClH/c1-14-8-12-24-18(14)16(17-7-4-11-23-17)6-3-10-20-9-2-5-15(13-20)19(21)22;/h4,6-8,11-12,15H,2-3,5,9-10,13H2,1H3,(H,21,22);1H/t15-;/m0./s1. The average Bonchev–Trinajstić information content (AvgIpc) is 3.24. The molecule has 1 aliphatic rings. The molecule has 0 aliphatic carbocycles. The Hall–Kier alpha value is -1.14. The Morgan fingerprint density at radius 2 is 2.20 bits per heavy atom. The Bertz CT molecular complexity index is 709. The molecular weight excluding hydrogens is 374 g/mol. The van der Waals surface area contributed by atoms with Crippen LogP contribution in [-0.2, 0) is 4.79 Å². The quantitative estimate of drug-likeness (QED) is 0.731. The van der Waals surface area contributed by atoms with Crippen LogP contribution < -0.4 is 0 Å². The Morgan fingerprint density at radius 3 is 2.84 bits per heavy atom. The number of halogens is 1. The first-order chi connectivity index (χ1) is 11.6. The highest BCUT2D eigenvalue weighted by Crippen LogP contribution is 2.33. The van der Waals surface area contributed by atoms with Gasteiger partial charge in [-0.15, -0.1) is 35.1 Å². The minimum Gasteiger partial charge on any atom is -0.481 e. The second-order valence-corrected chi connectivity index (χ2v) is 8.16. The van der Waals surface area contributed by atoms with Gasteiger partial charge in [0.2, 0.25) is 0 Å². The van der Waals surface area contributed by atoms with Crippen LogP contribution in [0.15, 0.2) is 35.0 Å². The van der Waals surface area contributed by atoms with Crippen molar-refractivity contribution in [3.05, 3.63) is 50.4 Å². The second kappa shape index (κ2) is 9.53. The number of carboxylic acids is 1. The van der Waals surface area contributed by atoms with Gasteiger partial charge in [-0.1, -0.05) is 12.1 Å². The van der Waals surface area contributed by atoms with Crippen molar-refractivity contribution in [3.63, 3.8) is 0 Å². The number of nitrogens with zero attached hydrogens (tertiary/aromatic N) is 1. The van der Waals surface area contributed by atoms with Gasteiger partial charge in [0, 0.05) is 28.4 Å². The van der Waals surface area contributed by atoms with Crippen molar-refractivity contribution in [1.82, 2.24) is 4.90 Å². The highest BCUT2D eigenvalue weighted by Gasteiger charge is 2.24. The molecule has 25 heavy (non-hydrogen) atoms. The minimum absolute atomic E-state index is 0. The third-order valence-electron chi connectivity index (χ3n) is 4.54. The summed E-state index contributed by atoms with van der Waals surface area (Å²) in [5.74, 6) is -0.845. The number of aliphatic carboxylic acids is 1. The van der Waals surface area contributed by atoms with E-state index in [0.717, 1.165) is 32.4 Å². The van der Waals surface area contributed by atoms with E-state index in [1.807, 2.05) is 0 Å². The maximum Gasteiger partial charge on any atom is 0.307 e. The SMILES string of the molecule is Cc1ccsc1C(=CCCN1CCC[C@H](C(=O)O)C1)c1cccs1.Cl. The van der Waals surface area contributed by atoms with Gasteiger partial charge < -0.3 is 10.0 Å². The Kier molecular flexibility index (Phi) is 7.69. The lowest BCUT2D eigenvalue weighted by molar-refractivity contribution is -0.143. The van der Waals surface area contributed by atoms with Crippen molar-refractivity contribution < 1.29 is 9.90 Å². The van der Waals surface area contributed by atoms with E-state index in [0.29, 0.717) is 6.54 Å². The zero-order valence-corrected chi connectivity index (χ0v) is 16.8. The van der Waals surface area contributed by atoms with Gasteiger partial charge in [-0.2, -0.15) is 0 Å². The summed E-state index contributed by atoms with van der Waals surface area (Å²) in [5.41, 5.74) is 2.65. The Balaban J connectivity index is 0.00000225. The Labute approximate surface area is 163 Å². The Morgan fingerprint density at radius 1 is 1.36 bits per heavy atom. The zero-order chi connectivity index (χ0) is 16.9. The van der Waals surface area contributed by atoms with Crippen molar-refractivity contribution in [2.45, 2.75) is 26.2 Å². The largest absolute Gasteiger partial charge is 0.481 e. The number of carbonyl (C=O) groups is 1. The lowest BCUT2D eigenvalue weighted by atomic mass is 9.98. The number of rotatable bonds is 6. The van der Waals surface area contributed by atoms with Crippen molar-refractivity contribution in [2.75, 3.05) is 19.6 Å². The molecule has 1 saturated heterocycles. The average molecular weight is 398 g/mol. The molecule has 3 rings (SSSR count). The second-order valence-electron chi connectivity index (χ2n) is 6.29. The van der Waals surface area contributed by atoms with E-state index in [9.17, 15) is 9.90 Å². The summed E-state index contributed by atoms with van der Waals surface area (Å²) in [6.07, 6.45) is 5.09. The molecule has 2 aromatic heterocycles. The van der Waals surface area contributed by atoms with Crippen LogP contribution in [0.1, 0.15) is 34.6 Å². The van der Waals surface area contributed by atoms with Gasteiger partial charge in [0.25, 0.3) is 0 Å². The third-order valence-corrected chi connectivity index (χ3v) is 6.49. The molecule has 2 aromatic rings. The lowest BCUT2D eigenvalue weighted by Crippen LogP contribution is -2.39. The molecule has 1 fully saturated rings. The molecule has 0 spiro atoms. The number of aryl methyl sites for hydroxylation is 1. The molecule has 1 atom stereocenters. The topological polar surface area (TPSA) is 40.5 Å². The first-order valence-electron chi connectivity index (χ1n) is 8.39. The predicted octanol–water partition coefficient (Wildman–Crippen LogP) is 5.16. The number of carboxylic acid groups (broad SMARTS) is 1. The smallest absolute Gasteiger partial charge is 0.307 e. The summed E-state index contributed by atoms with van der Waals surface area (Å²) in [6.45, 7) is 4.80. The van der Waals surface area contributed by atoms with Crippen molar-refractivity contribution in [3.8, 4) is 0 Å². The van der Waals surface area contributed by atoms with Crippen LogP contribution in [0.5, 0.6) is 0 Å². The number of likely N-dealkylation sites (tertiary alicyclic amines) is 1. The molecule has 1 aliphatic heterocycles. The van der Waals surface area contributed by atoms with Gasteiger partial charge in [-0.3, -0.25) is 4.79 Å². The van der Waals surface area contributed by atoms with E-state index in [1.165, 1.54) is 20.9 Å². The zero-order valence-electron chi connectivity index (χ0n) is 14.3. The molecule has 0 unspecified atom stereocenters. The fraction of sp³-hybridized carbons (Fsp3) is 0.421. The van der Waals surface area contributed by atoms with Crippen LogP contribution in [0.4, 0.5) is 0 Å². The number of hydrogen-bond donors (Lipinski definition) is 1. The van der Waals surface area contributed by atoms with E-state index in [1.54, 1.807) is 22.7 Å².